The van der Waals surface area contributed by atoms with Crippen LogP contribution in [0.4, 0.5) is 8.78 Å². The van der Waals surface area contributed by atoms with Gasteiger partial charge in [0.15, 0.2) is 0 Å². The summed E-state index contributed by atoms with van der Waals surface area (Å²) >= 11 is 0. The van der Waals surface area contributed by atoms with Gasteiger partial charge in [0.25, 0.3) is 0 Å². The third kappa shape index (κ3) is 3.23. The summed E-state index contributed by atoms with van der Waals surface area (Å²) in [6.07, 6.45) is 0. The molecule has 0 aliphatic rings. The van der Waals surface area contributed by atoms with Crippen LogP contribution in [0, 0.1) is 11.6 Å². The summed E-state index contributed by atoms with van der Waals surface area (Å²) in [6.45, 7) is 1.10. The molecule has 16 heavy (non-hydrogen) atoms. The number of rotatable bonds is 5. The number of halogens is 2. The van der Waals surface area contributed by atoms with E-state index in [4.69, 9.17) is 10.2 Å². The van der Waals surface area contributed by atoms with Crippen molar-refractivity contribution in [2.75, 3.05) is 13.2 Å². The molecule has 1 aromatic carbocycles. The van der Waals surface area contributed by atoms with Gasteiger partial charge in [-0.05, 0) is 25.1 Å². The van der Waals surface area contributed by atoms with Gasteiger partial charge in [-0.15, -0.1) is 0 Å². The first-order chi connectivity index (χ1) is 7.58. The van der Waals surface area contributed by atoms with Gasteiger partial charge in [-0.1, -0.05) is 0 Å². The molecule has 1 aromatic rings. The predicted molar refractivity (Wildman–Crippen MR) is 55.9 cm³/mol. The highest BCUT2D eigenvalue weighted by molar-refractivity contribution is 5.21. The van der Waals surface area contributed by atoms with Crippen LogP contribution in [0.15, 0.2) is 18.2 Å². The molecule has 3 N–H and O–H groups in total. The van der Waals surface area contributed by atoms with Gasteiger partial charge in [-0.2, -0.15) is 0 Å². The van der Waals surface area contributed by atoms with E-state index >= 15 is 0 Å². The van der Waals surface area contributed by atoms with Gasteiger partial charge in [-0.25, -0.2) is 8.78 Å². The molecule has 5 heteroatoms. The van der Waals surface area contributed by atoms with Crippen molar-refractivity contribution in [2.45, 2.75) is 19.0 Å². The Balaban J connectivity index is 2.79. The topological polar surface area (TPSA) is 52.5 Å². The standard InChI is InChI=1S/C11H15F2NO2/c1-7(14-9(5-15)6-16)10-4-8(12)2-3-11(10)13/h2-4,7,9,14-16H,5-6H2,1H3. The lowest BCUT2D eigenvalue weighted by Crippen LogP contribution is -2.37. The minimum absolute atomic E-state index is 0.173. The van der Waals surface area contributed by atoms with Crippen molar-refractivity contribution in [2.24, 2.45) is 0 Å². The van der Waals surface area contributed by atoms with Gasteiger partial charge in [0.2, 0.25) is 0 Å². The molecule has 0 spiro atoms. The zero-order valence-corrected chi connectivity index (χ0v) is 8.95. The second-order valence-electron chi connectivity index (χ2n) is 3.62. The Morgan fingerprint density at radius 3 is 2.44 bits per heavy atom. The fourth-order valence-electron chi connectivity index (χ4n) is 1.45. The Morgan fingerprint density at radius 2 is 1.88 bits per heavy atom. The molecule has 1 unspecified atom stereocenters. The smallest absolute Gasteiger partial charge is 0.128 e. The second-order valence-corrected chi connectivity index (χ2v) is 3.62. The van der Waals surface area contributed by atoms with Gasteiger partial charge in [0.1, 0.15) is 11.6 Å². The highest BCUT2D eigenvalue weighted by atomic mass is 19.1. The van der Waals surface area contributed by atoms with E-state index in [2.05, 4.69) is 5.32 Å². The largest absolute Gasteiger partial charge is 0.395 e. The lowest BCUT2D eigenvalue weighted by molar-refractivity contribution is 0.163. The maximum atomic E-state index is 13.3. The summed E-state index contributed by atoms with van der Waals surface area (Å²) in [5.41, 5.74) is 0.173. The van der Waals surface area contributed by atoms with Crippen molar-refractivity contribution in [3.63, 3.8) is 0 Å². The molecule has 0 saturated heterocycles. The van der Waals surface area contributed by atoms with Crippen LogP contribution in [0.3, 0.4) is 0 Å². The van der Waals surface area contributed by atoms with E-state index in [-0.39, 0.29) is 18.8 Å². The maximum Gasteiger partial charge on any atom is 0.128 e. The third-order valence-electron chi connectivity index (χ3n) is 2.35. The van der Waals surface area contributed by atoms with Gasteiger partial charge in [-0.3, -0.25) is 0 Å². The molecule has 0 aliphatic carbocycles. The van der Waals surface area contributed by atoms with Crippen molar-refractivity contribution in [1.29, 1.82) is 0 Å². The molecule has 1 rings (SSSR count). The average Bonchev–Trinajstić information content (AvgIpc) is 2.28. The van der Waals surface area contributed by atoms with E-state index in [0.29, 0.717) is 0 Å². The molecule has 0 fully saturated rings. The third-order valence-corrected chi connectivity index (χ3v) is 2.35. The van der Waals surface area contributed by atoms with Gasteiger partial charge in [0.05, 0.1) is 19.3 Å². The van der Waals surface area contributed by atoms with Crippen LogP contribution in [0.2, 0.25) is 0 Å². The van der Waals surface area contributed by atoms with Crippen molar-refractivity contribution >= 4 is 0 Å². The average molecular weight is 231 g/mol. The maximum absolute atomic E-state index is 13.3. The zero-order valence-electron chi connectivity index (χ0n) is 8.95. The minimum atomic E-state index is -0.544. The Labute approximate surface area is 92.7 Å². The molecule has 0 radical (unpaired) electrons. The molecule has 90 valence electrons. The summed E-state index contributed by atoms with van der Waals surface area (Å²) < 4.78 is 26.3. The van der Waals surface area contributed by atoms with Gasteiger partial charge >= 0.3 is 0 Å². The lowest BCUT2D eigenvalue weighted by Gasteiger charge is -2.20. The van der Waals surface area contributed by atoms with E-state index in [1.807, 2.05) is 0 Å². The Morgan fingerprint density at radius 1 is 1.25 bits per heavy atom. The van der Waals surface area contributed by atoms with E-state index in [0.717, 1.165) is 18.2 Å². The molecule has 0 amide bonds. The van der Waals surface area contributed by atoms with E-state index in [1.165, 1.54) is 0 Å². The lowest BCUT2D eigenvalue weighted by atomic mass is 10.1. The highest BCUT2D eigenvalue weighted by Crippen LogP contribution is 2.18. The Hall–Kier alpha value is -1.04. The number of hydrogen-bond acceptors (Lipinski definition) is 3. The second kappa shape index (κ2) is 5.89. The highest BCUT2D eigenvalue weighted by Gasteiger charge is 2.15. The molecule has 0 aliphatic heterocycles. The Kier molecular flexibility index (Phi) is 4.79. The Bertz CT molecular complexity index is 343. The minimum Gasteiger partial charge on any atom is -0.395 e. The first kappa shape index (κ1) is 13.0. The van der Waals surface area contributed by atoms with Gasteiger partial charge < -0.3 is 15.5 Å². The van der Waals surface area contributed by atoms with E-state index < -0.39 is 23.7 Å². The molecule has 0 bridgehead atoms. The van der Waals surface area contributed by atoms with Crippen molar-refractivity contribution in [3.8, 4) is 0 Å². The van der Waals surface area contributed by atoms with E-state index in [9.17, 15) is 8.78 Å². The van der Waals surface area contributed by atoms with Crippen molar-refractivity contribution in [1.82, 2.24) is 5.32 Å². The van der Waals surface area contributed by atoms with Gasteiger partial charge in [0, 0.05) is 11.6 Å². The molecule has 0 heterocycles. The quantitative estimate of drug-likeness (QED) is 0.707. The summed E-state index contributed by atoms with van der Waals surface area (Å²) in [6, 6.07) is 2.16. The molecule has 3 nitrogen and oxygen atoms in total. The molecule has 0 aromatic heterocycles. The number of aliphatic hydroxyl groups excluding tert-OH is 2. The van der Waals surface area contributed by atoms with Crippen LogP contribution < -0.4 is 5.32 Å². The number of aliphatic hydroxyl groups is 2. The summed E-state index contributed by atoms with van der Waals surface area (Å²) in [5.74, 6) is -1.04. The van der Waals surface area contributed by atoms with Crippen molar-refractivity contribution < 1.29 is 19.0 Å². The number of benzene rings is 1. The fourth-order valence-corrected chi connectivity index (χ4v) is 1.45. The zero-order chi connectivity index (χ0) is 12.1. The first-order valence-corrected chi connectivity index (χ1v) is 5.01. The molecular formula is C11H15F2NO2. The van der Waals surface area contributed by atoms with Crippen LogP contribution >= 0.6 is 0 Å². The summed E-state index contributed by atoms with van der Waals surface area (Å²) in [5, 5.41) is 20.5. The van der Waals surface area contributed by atoms with Crippen LogP contribution in [-0.2, 0) is 0 Å². The first-order valence-electron chi connectivity index (χ1n) is 5.01. The number of hydrogen-bond donors (Lipinski definition) is 3. The van der Waals surface area contributed by atoms with Crippen molar-refractivity contribution in [3.05, 3.63) is 35.4 Å². The molecule has 1 atom stereocenters. The molecular weight excluding hydrogens is 216 g/mol. The fraction of sp³-hybridized carbons (Fsp3) is 0.455. The predicted octanol–water partition coefficient (Wildman–Crippen LogP) is 0.969. The normalized spacial score (nSPS) is 13.1. The summed E-state index contributed by atoms with van der Waals surface area (Å²) in [7, 11) is 0. The van der Waals surface area contributed by atoms with Crippen LogP contribution in [0.25, 0.3) is 0 Å². The number of nitrogens with one attached hydrogen (secondary N) is 1. The van der Waals surface area contributed by atoms with Crippen LogP contribution in [-0.4, -0.2) is 29.5 Å². The monoisotopic (exact) mass is 231 g/mol. The van der Waals surface area contributed by atoms with Crippen LogP contribution in [0.1, 0.15) is 18.5 Å². The SMILES string of the molecule is CC(NC(CO)CO)c1cc(F)ccc1F. The summed E-state index contributed by atoms with van der Waals surface area (Å²) in [4.78, 5) is 0. The van der Waals surface area contributed by atoms with Crippen LogP contribution in [0.5, 0.6) is 0 Å². The molecule has 0 saturated carbocycles. The van der Waals surface area contributed by atoms with E-state index in [1.54, 1.807) is 6.92 Å².